The topological polar surface area (TPSA) is 54.8 Å². The van der Waals surface area contributed by atoms with E-state index in [9.17, 15) is 0 Å². The van der Waals surface area contributed by atoms with Crippen LogP contribution in [0.2, 0.25) is 0 Å². The van der Waals surface area contributed by atoms with Gasteiger partial charge in [-0.05, 0) is 31.0 Å². The molecular formula is C17H17N5S. The first-order valence-corrected chi connectivity index (χ1v) is 8.55. The minimum atomic E-state index is 0.708. The number of fused-ring (bicyclic) bond motifs is 1. The second-order valence-corrected chi connectivity index (χ2v) is 6.64. The molecule has 0 aliphatic carbocycles. The van der Waals surface area contributed by atoms with Gasteiger partial charge in [-0.2, -0.15) is 0 Å². The predicted octanol–water partition coefficient (Wildman–Crippen LogP) is 2.86. The minimum Gasteiger partial charge on any atom is -0.292 e. The summed E-state index contributed by atoms with van der Waals surface area (Å²) in [6.45, 7) is 4.91. The van der Waals surface area contributed by atoms with Gasteiger partial charge < -0.3 is 0 Å². The average molecular weight is 323 g/mol. The molecule has 6 heteroatoms. The highest BCUT2D eigenvalue weighted by Crippen LogP contribution is 2.23. The van der Waals surface area contributed by atoms with Crippen LogP contribution in [0.15, 0.2) is 36.1 Å². The number of nitrogens with zero attached hydrogens (tertiary/aromatic N) is 5. The summed E-state index contributed by atoms with van der Waals surface area (Å²) in [7, 11) is 0. The van der Waals surface area contributed by atoms with Crippen molar-refractivity contribution in [1.29, 1.82) is 0 Å². The number of pyridine rings is 1. The molecule has 1 aliphatic heterocycles. The van der Waals surface area contributed by atoms with Crippen molar-refractivity contribution < 1.29 is 0 Å². The summed E-state index contributed by atoms with van der Waals surface area (Å²) in [5.41, 5.74) is 6.25. The van der Waals surface area contributed by atoms with Crippen molar-refractivity contribution in [1.82, 2.24) is 24.8 Å². The predicted molar refractivity (Wildman–Crippen MR) is 89.9 cm³/mol. The summed E-state index contributed by atoms with van der Waals surface area (Å²) >= 11 is 1.73. The van der Waals surface area contributed by atoms with Crippen LogP contribution >= 0.6 is 11.3 Å². The fourth-order valence-electron chi connectivity index (χ4n) is 2.79. The van der Waals surface area contributed by atoms with Crippen LogP contribution < -0.4 is 0 Å². The molecule has 0 saturated carbocycles. The van der Waals surface area contributed by atoms with Gasteiger partial charge in [0.05, 0.1) is 16.9 Å². The second-order valence-electron chi connectivity index (χ2n) is 5.70. The lowest BCUT2D eigenvalue weighted by atomic mass is 10.1. The molecule has 116 valence electrons. The van der Waals surface area contributed by atoms with Gasteiger partial charge >= 0.3 is 0 Å². The van der Waals surface area contributed by atoms with Crippen LogP contribution in [0, 0.1) is 6.92 Å². The minimum absolute atomic E-state index is 0.708. The molecule has 0 fully saturated rings. The molecule has 23 heavy (non-hydrogen) atoms. The first kappa shape index (κ1) is 14.4. The summed E-state index contributed by atoms with van der Waals surface area (Å²) in [4.78, 5) is 21.7. The molecule has 1 aliphatic rings. The first-order chi connectivity index (χ1) is 11.3. The largest absolute Gasteiger partial charge is 0.292 e. The van der Waals surface area contributed by atoms with E-state index < -0.39 is 0 Å². The fraction of sp³-hybridized carbons (Fsp3) is 0.294. The molecule has 5 nitrogen and oxygen atoms in total. The second kappa shape index (κ2) is 6.14. The lowest BCUT2D eigenvalue weighted by molar-refractivity contribution is 0.243. The quantitative estimate of drug-likeness (QED) is 0.742. The van der Waals surface area contributed by atoms with Gasteiger partial charge in [0.2, 0.25) is 0 Å². The SMILES string of the molecule is Cc1ncsc1CN1CCc2cnc(-c3ccccn3)nc2C1. The lowest BCUT2D eigenvalue weighted by Gasteiger charge is -2.27. The van der Waals surface area contributed by atoms with Gasteiger partial charge in [-0.3, -0.25) is 9.88 Å². The zero-order valence-electron chi connectivity index (χ0n) is 12.9. The van der Waals surface area contributed by atoms with Crippen LogP contribution in [0.1, 0.15) is 21.8 Å². The third-order valence-corrected chi connectivity index (χ3v) is 5.05. The van der Waals surface area contributed by atoms with Crippen LogP contribution in [0.4, 0.5) is 0 Å². The van der Waals surface area contributed by atoms with Gasteiger partial charge in [0.25, 0.3) is 0 Å². The van der Waals surface area contributed by atoms with Crippen molar-refractivity contribution in [2.45, 2.75) is 26.4 Å². The maximum absolute atomic E-state index is 4.76. The van der Waals surface area contributed by atoms with E-state index in [2.05, 4.69) is 26.8 Å². The van der Waals surface area contributed by atoms with Gasteiger partial charge in [0, 0.05) is 36.9 Å². The van der Waals surface area contributed by atoms with E-state index in [0.717, 1.165) is 43.1 Å². The van der Waals surface area contributed by atoms with E-state index in [1.54, 1.807) is 17.5 Å². The van der Waals surface area contributed by atoms with Crippen LogP contribution in [0.25, 0.3) is 11.5 Å². The van der Waals surface area contributed by atoms with Crippen LogP contribution in [-0.4, -0.2) is 31.4 Å². The summed E-state index contributed by atoms with van der Waals surface area (Å²) < 4.78 is 0. The zero-order chi connectivity index (χ0) is 15.6. The Morgan fingerprint density at radius 2 is 2.17 bits per heavy atom. The highest BCUT2D eigenvalue weighted by atomic mass is 32.1. The van der Waals surface area contributed by atoms with Crippen LogP contribution in [0.5, 0.6) is 0 Å². The number of hydrogen-bond acceptors (Lipinski definition) is 6. The van der Waals surface area contributed by atoms with E-state index in [1.165, 1.54) is 10.4 Å². The van der Waals surface area contributed by atoms with Crippen LogP contribution in [-0.2, 0) is 19.5 Å². The molecule has 3 aromatic rings. The number of aromatic nitrogens is 4. The summed E-state index contributed by atoms with van der Waals surface area (Å²) in [6.07, 6.45) is 4.73. The highest BCUT2D eigenvalue weighted by molar-refractivity contribution is 7.09. The number of hydrogen-bond donors (Lipinski definition) is 0. The van der Waals surface area contributed by atoms with E-state index >= 15 is 0 Å². The molecule has 0 N–H and O–H groups in total. The molecular weight excluding hydrogens is 306 g/mol. The van der Waals surface area contributed by atoms with Gasteiger partial charge in [-0.1, -0.05) is 6.07 Å². The summed E-state index contributed by atoms with van der Waals surface area (Å²) in [5.74, 6) is 0.708. The highest BCUT2D eigenvalue weighted by Gasteiger charge is 2.20. The van der Waals surface area contributed by atoms with E-state index in [4.69, 9.17) is 4.98 Å². The molecule has 0 bridgehead atoms. The Bertz CT molecular complexity index is 815. The van der Waals surface area contributed by atoms with Crippen molar-refractivity contribution in [2.24, 2.45) is 0 Å². The molecule has 0 spiro atoms. The first-order valence-electron chi connectivity index (χ1n) is 7.67. The standard InChI is InChI=1S/C17H17N5S/c1-12-16(23-11-20-12)10-22-7-5-13-8-19-17(21-15(13)9-22)14-4-2-3-6-18-14/h2-4,6,8,11H,5,7,9-10H2,1H3. The fourth-order valence-corrected chi connectivity index (χ4v) is 3.61. The smallest absolute Gasteiger partial charge is 0.178 e. The normalized spacial score (nSPS) is 14.7. The van der Waals surface area contributed by atoms with E-state index in [-0.39, 0.29) is 0 Å². The van der Waals surface area contributed by atoms with Gasteiger partial charge in [-0.25, -0.2) is 15.0 Å². The molecule has 0 aromatic carbocycles. The Hall–Kier alpha value is -2.18. The van der Waals surface area contributed by atoms with Gasteiger partial charge in [0.15, 0.2) is 5.82 Å². The number of rotatable bonds is 3. The molecule has 0 saturated heterocycles. The maximum atomic E-state index is 4.76. The number of thiazole rings is 1. The van der Waals surface area contributed by atoms with Gasteiger partial charge in [0.1, 0.15) is 5.69 Å². The molecule has 4 rings (SSSR count). The molecule has 0 unspecified atom stereocenters. The molecule has 0 radical (unpaired) electrons. The van der Waals surface area contributed by atoms with Crippen molar-refractivity contribution in [3.05, 3.63) is 57.9 Å². The lowest BCUT2D eigenvalue weighted by Crippen LogP contribution is -2.31. The Balaban J connectivity index is 1.57. The Kier molecular flexibility index (Phi) is 3.85. The maximum Gasteiger partial charge on any atom is 0.178 e. The number of aryl methyl sites for hydroxylation is 1. The third-order valence-electron chi connectivity index (χ3n) is 4.13. The van der Waals surface area contributed by atoms with Crippen LogP contribution in [0.3, 0.4) is 0 Å². The summed E-state index contributed by atoms with van der Waals surface area (Å²) in [5, 5.41) is 0. The summed E-state index contributed by atoms with van der Waals surface area (Å²) in [6, 6.07) is 5.81. The zero-order valence-corrected chi connectivity index (χ0v) is 13.8. The molecule has 0 atom stereocenters. The van der Waals surface area contributed by atoms with E-state index in [0.29, 0.717) is 5.82 Å². The molecule has 0 amide bonds. The monoisotopic (exact) mass is 323 g/mol. The van der Waals surface area contributed by atoms with Crippen molar-refractivity contribution in [3.63, 3.8) is 0 Å². The Morgan fingerprint density at radius 3 is 2.96 bits per heavy atom. The van der Waals surface area contributed by atoms with Crippen molar-refractivity contribution in [2.75, 3.05) is 6.54 Å². The molecule has 3 aromatic heterocycles. The Morgan fingerprint density at radius 1 is 1.22 bits per heavy atom. The van der Waals surface area contributed by atoms with Gasteiger partial charge in [-0.15, -0.1) is 11.3 Å². The van der Waals surface area contributed by atoms with E-state index in [1.807, 2.05) is 29.9 Å². The van der Waals surface area contributed by atoms with Crippen molar-refractivity contribution >= 4 is 11.3 Å². The average Bonchev–Trinajstić information content (AvgIpc) is 3.00. The van der Waals surface area contributed by atoms with Crippen molar-refractivity contribution in [3.8, 4) is 11.5 Å². The third kappa shape index (κ3) is 3.00. The Labute approximate surface area is 139 Å². The molecule has 4 heterocycles.